The fourth-order valence-corrected chi connectivity index (χ4v) is 3.29. The van der Waals surface area contributed by atoms with Gasteiger partial charge in [0.2, 0.25) is 5.91 Å². The summed E-state index contributed by atoms with van der Waals surface area (Å²) in [5.74, 6) is 9.47. The first kappa shape index (κ1) is 18.8. The number of primary amides is 1. The normalized spacial score (nSPS) is 12.4. The topological polar surface area (TPSA) is 120 Å². The molecule has 28 heavy (non-hydrogen) atoms. The van der Waals surface area contributed by atoms with Gasteiger partial charge in [-0.2, -0.15) is 10.2 Å². The van der Waals surface area contributed by atoms with Crippen LogP contribution < -0.4 is 17.4 Å². The number of hydrogen-bond acceptors (Lipinski definition) is 5. The summed E-state index contributed by atoms with van der Waals surface area (Å²) in [7, 11) is 0. The van der Waals surface area contributed by atoms with Gasteiger partial charge in [0.15, 0.2) is 0 Å². The molecule has 0 fully saturated rings. The Morgan fingerprint density at radius 2 is 1.46 bits per heavy atom. The van der Waals surface area contributed by atoms with Crippen LogP contribution in [0, 0.1) is 0 Å². The van der Waals surface area contributed by atoms with Crippen molar-refractivity contribution >= 4 is 18.3 Å². The average Bonchev–Trinajstić information content (AvgIpc) is 2.69. The zero-order chi connectivity index (χ0) is 19.9. The van der Waals surface area contributed by atoms with E-state index in [2.05, 4.69) is 10.2 Å². The summed E-state index contributed by atoms with van der Waals surface area (Å²) in [6.45, 7) is 0. The maximum absolute atomic E-state index is 12.4. The lowest BCUT2D eigenvalue weighted by molar-refractivity contribution is -0.118. The minimum atomic E-state index is -0.617. The minimum Gasteiger partial charge on any atom is -0.369 e. The smallest absolute Gasteiger partial charge is 0.229 e. The molecule has 1 amide bonds. The predicted octanol–water partition coefficient (Wildman–Crippen LogP) is 2.56. The molecule has 3 rings (SSSR count). The number of hydrogen-bond donors (Lipinski definition) is 3. The molecule has 6 nitrogen and oxygen atoms in total. The van der Waals surface area contributed by atoms with Crippen molar-refractivity contribution in [1.82, 2.24) is 0 Å². The van der Waals surface area contributed by atoms with Crippen molar-refractivity contribution in [2.75, 3.05) is 0 Å². The van der Waals surface area contributed by atoms with Crippen LogP contribution in [0.25, 0.3) is 11.1 Å². The Hall–Kier alpha value is -3.93. The molecule has 0 aliphatic heterocycles. The number of carbonyl (C=O) groups excluding carboxylic acids is 1. The van der Waals surface area contributed by atoms with Gasteiger partial charge >= 0.3 is 0 Å². The van der Waals surface area contributed by atoms with Crippen molar-refractivity contribution < 1.29 is 4.79 Å². The Kier molecular flexibility index (Phi) is 5.81. The Labute approximate surface area is 163 Å². The highest BCUT2D eigenvalue weighted by molar-refractivity contribution is 5.90. The lowest BCUT2D eigenvalue weighted by Crippen LogP contribution is -2.23. The SMILES string of the molecule is NN=Cc1cccc(-c2ccccc2C(C(N)=O)c2cccc(C=NN)c2)c1. The van der Waals surface area contributed by atoms with E-state index >= 15 is 0 Å². The van der Waals surface area contributed by atoms with Crippen LogP contribution in [0.4, 0.5) is 0 Å². The van der Waals surface area contributed by atoms with Crippen molar-refractivity contribution in [2.24, 2.45) is 27.6 Å². The van der Waals surface area contributed by atoms with Gasteiger partial charge in [-0.05, 0) is 45.5 Å². The van der Waals surface area contributed by atoms with Crippen LogP contribution in [0.3, 0.4) is 0 Å². The quantitative estimate of drug-likeness (QED) is 0.351. The second-order valence-corrected chi connectivity index (χ2v) is 6.27. The van der Waals surface area contributed by atoms with Crippen LogP contribution in [-0.4, -0.2) is 18.3 Å². The number of hydrazone groups is 2. The summed E-state index contributed by atoms with van der Waals surface area (Å²) in [4.78, 5) is 12.4. The number of carbonyl (C=O) groups is 1. The third-order valence-electron chi connectivity index (χ3n) is 4.45. The monoisotopic (exact) mass is 371 g/mol. The van der Waals surface area contributed by atoms with Gasteiger partial charge in [0.1, 0.15) is 0 Å². The van der Waals surface area contributed by atoms with Gasteiger partial charge in [0.05, 0.1) is 18.3 Å². The van der Waals surface area contributed by atoms with E-state index in [4.69, 9.17) is 17.4 Å². The lowest BCUT2D eigenvalue weighted by atomic mass is 9.84. The van der Waals surface area contributed by atoms with Gasteiger partial charge in [0.25, 0.3) is 0 Å². The molecule has 0 aliphatic rings. The summed E-state index contributed by atoms with van der Waals surface area (Å²) < 4.78 is 0. The molecule has 3 aromatic rings. The Morgan fingerprint density at radius 3 is 2.14 bits per heavy atom. The molecule has 0 spiro atoms. The number of nitrogens with two attached hydrogens (primary N) is 3. The third kappa shape index (κ3) is 4.07. The van der Waals surface area contributed by atoms with Gasteiger partial charge in [-0.1, -0.05) is 60.7 Å². The Balaban J connectivity index is 2.15. The van der Waals surface area contributed by atoms with Gasteiger partial charge < -0.3 is 17.4 Å². The highest BCUT2D eigenvalue weighted by Gasteiger charge is 2.23. The van der Waals surface area contributed by atoms with Crippen LogP contribution in [0.1, 0.15) is 28.2 Å². The number of rotatable bonds is 6. The lowest BCUT2D eigenvalue weighted by Gasteiger charge is -2.19. The number of benzene rings is 3. The second-order valence-electron chi connectivity index (χ2n) is 6.27. The van der Waals surface area contributed by atoms with E-state index in [1.54, 1.807) is 6.21 Å². The fraction of sp³-hybridized carbons (Fsp3) is 0.0455. The molecule has 0 saturated carbocycles. The van der Waals surface area contributed by atoms with Crippen molar-refractivity contribution in [3.63, 3.8) is 0 Å². The van der Waals surface area contributed by atoms with Gasteiger partial charge in [0, 0.05) is 0 Å². The second kappa shape index (κ2) is 8.64. The van der Waals surface area contributed by atoms with Crippen LogP contribution in [0.2, 0.25) is 0 Å². The van der Waals surface area contributed by atoms with Crippen molar-refractivity contribution in [3.05, 3.63) is 95.1 Å². The van der Waals surface area contributed by atoms with E-state index in [0.717, 1.165) is 33.4 Å². The van der Waals surface area contributed by atoms with Crippen LogP contribution in [0.15, 0.2) is 83.0 Å². The zero-order valence-corrected chi connectivity index (χ0v) is 15.2. The fourth-order valence-electron chi connectivity index (χ4n) is 3.29. The largest absolute Gasteiger partial charge is 0.369 e. The standard InChI is InChI=1S/C22H21N5O/c23-22(28)21(18-8-4-6-16(12-18)14-27-25)20-10-2-1-9-19(20)17-7-3-5-15(11-17)13-26-24/h1-14,21H,24-25H2,(H2,23,28). The maximum Gasteiger partial charge on any atom is 0.229 e. The van der Waals surface area contributed by atoms with Crippen LogP contribution in [0.5, 0.6) is 0 Å². The van der Waals surface area contributed by atoms with E-state index in [9.17, 15) is 4.79 Å². The summed E-state index contributed by atoms with van der Waals surface area (Å²) in [6, 6.07) is 22.9. The van der Waals surface area contributed by atoms with E-state index in [1.807, 2.05) is 72.8 Å². The van der Waals surface area contributed by atoms with Crippen LogP contribution >= 0.6 is 0 Å². The predicted molar refractivity (Wildman–Crippen MR) is 113 cm³/mol. The summed E-state index contributed by atoms with van der Waals surface area (Å²) in [6.07, 6.45) is 3.11. The van der Waals surface area contributed by atoms with Crippen LogP contribution in [-0.2, 0) is 4.79 Å². The molecule has 0 radical (unpaired) electrons. The average molecular weight is 371 g/mol. The summed E-state index contributed by atoms with van der Waals surface area (Å²) in [5, 5.41) is 7.13. The molecule has 6 N–H and O–H groups in total. The first-order chi connectivity index (χ1) is 13.6. The summed E-state index contributed by atoms with van der Waals surface area (Å²) in [5.41, 5.74) is 10.9. The molecule has 6 heteroatoms. The molecule has 140 valence electrons. The highest BCUT2D eigenvalue weighted by Crippen LogP contribution is 2.33. The van der Waals surface area contributed by atoms with Crippen molar-refractivity contribution in [1.29, 1.82) is 0 Å². The molecule has 1 atom stereocenters. The third-order valence-corrected chi connectivity index (χ3v) is 4.45. The molecule has 3 aromatic carbocycles. The minimum absolute atomic E-state index is 0.436. The molecule has 0 saturated heterocycles. The van der Waals surface area contributed by atoms with Crippen molar-refractivity contribution in [2.45, 2.75) is 5.92 Å². The zero-order valence-electron chi connectivity index (χ0n) is 15.2. The Morgan fingerprint density at radius 1 is 0.821 bits per heavy atom. The van der Waals surface area contributed by atoms with E-state index in [1.165, 1.54) is 6.21 Å². The Bertz CT molecular complexity index is 1040. The number of nitrogens with zero attached hydrogens (tertiary/aromatic N) is 2. The highest BCUT2D eigenvalue weighted by atomic mass is 16.1. The van der Waals surface area contributed by atoms with Gasteiger partial charge in [-0.25, -0.2) is 0 Å². The first-order valence-corrected chi connectivity index (χ1v) is 8.69. The summed E-state index contributed by atoms with van der Waals surface area (Å²) >= 11 is 0. The molecule has 1 unspecified atom stereocenters. The molecule has 0 aliphatic carbocycles. The van der Waals surface area contributed by atoms with E-state index in [0.29, 0.717) is 0 Å². The first-order valence-electron chi connectivity index (χ1n) is 8.69. The van der Waals surface area contributed by atoms with E-state index in [-0.39, 0.29) is 0 Å². The molecule has 0 heterocycles. The molecular weight excluding hydrogens is 350 g/mol. The molecule has 0 aromatic heterocycles. The van der Waals surface area contributed by atoms with E-state index < -0.39 is 11.8 Å². The molecular formula is C22H21N5O. The number of amides is 1. The van der Waals surface area contributed by atoms with Gasteiger partial charge in [-0.15, -0.1) is 0 Å². The van der Waals surface area contributed by atoms with Gasteiger partial charge in [-0.3, -0.25) is 4.79 Å². The molecule has 0 bridgehead atoms. The maximum atomic E-state index is 12.4. The van der Waals surface area contributed by atoms with Crippen molar-refractivity contribution in [3.8, 4) is 11.1 Å².